The van der Waals surface area contributed by atoms with Crippen molar-refractivity contribution in [2.24, 2.45) is 5.73 Å². The molecule has 1 rings (SSSR count). The van der Waals surface area contributed by atoms with Crippen molar-refractivity contribution in [3.8, 4) is 11.5 Å². The van der Waals surface area contributed by atoms with Gasteiger partial charge in [0, 0.05) is 18.7 Å². The molecule has 0 fully saturated rings. The molecule has 16 heavy (non-hydrogen) atoms. The fourth-order valence-corrected chi connectivity index (χ4v) is 1.35. The van der Waals surface area contributed by atoms with Crippen molar-refractivity contribution in [3.63, 3.8) is 0 Å². The highest BCUT2D eigenvalue weighted by atomic mass is 35.5. The summed E-state index contributed by atoms with van der Waals surface area (Å²) in [6, 6.07) is 5.29. The van der Waals surface area contributed by atoms with E-state index in [9.17, 15) is 0 Å². The number of hydrogen-bond acceptors (Lipinski definition) is 4. The number of aliphatic hydroxyl groups excluding tert-OH is 1. The zero-order valence-corrected chi connectivity index (χ0v) is 10.3. The Kier molecular flexibility index (Phi) is 6.88. The van der Waals surface area contributed by atoms with Crippen molar-refractivity contribution >= 4 is 12.4 Å². The van der Waals surface area contributed by atoms with E-state index in [4.69, 9.17) is 20.3 Å². The molecule has 0 spiro atoms. The Hall–Kier alpha value is -0.970. The molecule has 1 aromatic carbocycles. The fourth-order valence-electron chi connectivity index (χ4n) is 1.35. The highest BCUT2D eigenvalue weighted by molar-refractivity contribution is 5.85. The van der Waals surface area contributed by atoms with E-state index >= 15 is 0 Å². The van der Waals surface area contributed by atoms with Crippen LogP contribution in [0.4, 0.5) is 0 Å². The van der Waals surface area contributed by atoms with Crippen LogP contribution < -0.4 is 15.2 Å². The van der Waals surface area contributed by atoms with Crippen LogP contribution in [0.1, 0.15) is 18.0 Å². The highest BCUT2D eigenvalue weighted by Crippen LogP contribution is 2.26. The number of halogens is 1. The van der Waals surface area contributed by atoms with E-state index in [1.165, 1.54) is 0 Å². The van der Waals surface area contributed by atoms with Gasteiger partial charge in [0.15, 0.2) is 0 Å². The molecule has 0 amide bonds. The van der Waals surface area contributed by atoms with Gasteiger partial charge in [0.2, 0.25) is 0 Å². The van der Waals surface area contributed by atoms with Crippen LogP contribution in [0.25, 0.3) is 0 Å². The first-order valence-corrected chi connectivity index (χ1v) is 4.80. The second-order valence-corrected chi connectivity index (χ2v) is 3.26. The van der Waals surface area contributed by atoms with Crippen LogP contribution in [0.2, 0.25) is 0 Å². The Bertz CT molecular complexity index is 298. The molecule has 92 valence electrons. The third-order valence-corrected chi connectivity index (χ3v) is 2.24. The van der Waals surface area contributed by atoms with E-state index in [2.05, 4.69) is 0 Å². The molecule has 0 aliphatic heterocycles. The molecule has 0 aliphatic rings. The van der Waals surface area contributed by atoms with Crippen molar-refractivity contribution in [2.75, 3.05) is 20.8 Å². The van der Waals surface area contributed by atoms with Crippen LogP contribution in [0.5, 0.6) is 11.5 Å². The summed E-state index contributed by atoms with van der Waals surface area (Å²) in [6.45, 7) is 0.0701. The average molecular weight is 248 g/mol. The van der Waals surface area contributed by atoms with Gasteiger partial charge in [-0.05, 0) is 24.1 Å². The smallest absolute Gasteiger partial charge is 0.122 e. The van der Waals surface area contributed by atoms with E-state index < -0.39 is 0 Å². The van der Waals surface area contributed by atoms with Gasteiger partial charge < -0.3 is 20.3 Å². The topological polar surface area (TPSA) is 64.7 Å². The SMILES string of the molecule is COc1cc(OC)cc(C(N)CCO)c1.Cl. The lowest BCUT2D eigenvalue weighted by Gasteiger charge is -2.13. The molecular weight excluding hydrogens is 230 g/mol. The first-order valence-electron chi connectivity index (χ1n) is 4.80. The molecule has 4 nitrogen and oxygen atoms in total. The number of benzene rings is 1. The van der Waals surface area contributed by atoms with Gasteiger partial charge in [-0.1, -0.05) is 0 Å². The molecular formula is C11H18ClNO3. The van der Waals surface area contributed by atoms with Crippen molar-refractivity contribution in [3.05, 3.63) is 23.8 Å². The van der Waals surface area contributed by atoms with E-state index in [-0.39, 0.29) is 25.1 Å². The summed E-state index contributed by atoms with van der Waals surface area (Å²) in [6.07, 6.45) is 0.524. The van der Waals surface area contributed by atoms with Crippen LogP contribution in [0, 0.1) is 0 Å². The summed E-state index contributed by atoms with van der Waals surface area (Å²) in [7, 11) is 3.19. The Morgan fingerprint density at radius 2 is 1.69 bits per heavy atom. The normalized spacial score (nSPS) is 11.5. The van der Waals surface area contributed by atoms with Gasteiger partial charge in [-0.25, -0.2) is 0 Å². The Balaban J connectivity index is 0.00000225. The molecule has 1 aromatic rings. The summed E-state index contributed by atoms with van der Waals surface area (Å²) in [5, 5.41) is 8.81. The maximum Gasteiger partial charge on any atom is 0.122 e. The minimum absolute atomic E-state index is 0. The van der Waals surface area contributed by atoms with Crippen LogP contribution in [-0.2, 0) is 0 Å². The molecule has 1 atom stereocenters. The number of hydrogen-bond donors (Lipinski definition) is 2. The fraction of sp³-hybridized carbons (Fsp3) is 0.455. The maximum absolute atomic E-state index is 8.81. The van der Waals surface area contributed by atoms with Gasteiger partial charge >= 0.3 is 0 Å². The minimum Gasteiger partial charge on any atom is -0.497 e. The number of nitrogens with two attached hydrogens (primary N) is 1. The third-order valence-electron chi connectivity index (χ3n) is 2.24. The zero-order chi connectivity index (χ0) is 11.3. The average Bonchev–Trinajstić information content (AvgIpc) is 2.28. The summed E-state index contributed by atoms with van der Waals surface area (Å²) < 4.78 is 10.3. The van der Waals surface area contributed by atoms with Crippen LogP contribution >= 0.6 is 12.4 Å². The summed E-state index contributed by atoms with van der Waals surface area (Å²) in [4.78, 5) is 0. The third kappa shape index (κ3) is 3.89. The maximum atomic E-state index is 8.81. The second-order valence-electron chi connectivity index (χ2n) is 3.26. The van der Waals surface area contributed by atoms with E-state index in [0.717, 1.165) is 5.56 Å². The van der Waals surface area contributed by atoms with Crippen molar-refractivity contribution in [2.45, 2.75) is 12.5 Å². The Labute approximate surface area is 102 Å². The van der Waals surface area contributed by atoms with Gasteiger partial charge in [0.25, 0.3) is 0 Å². The predicted octanol–water partition coefficient (Wildman–Crippen LogP) is 1.51. The molecule has 0 saturated heterocycles. The van der Waals surface area contributed by atoms with Crippen molar-refractivity contribution in [1.82, 2.24) is 0 Å². The summed E-state index contributed by atoms with van der Waals surface area (Å²) in [5.74, 6) is 1.41. The second kappa shape index (κ2) is 7.33. The summed E-state index contributed by atoms with van der Waals surface area (Å²) >= 11 is 0. The van der Waals surface area contributed by atoms with Crippen molar-refractivity contribution in [1.29, 1.82) is 0 Å². The molecule has 0 aromatic heterocycles. The lowest BCUT2D eigenvalue weighted by Crippen LogP contribution is -2.12. The van der Waals surface area contributed by atoms with E-state index in [1.54, 1.807) is 20.3 Å². The lowest BCUT2D eigenvalue weighted by atomic mass is 10.0. The van der Waals surface area contributed by atoms with Gasteiger partial charge in [-0.15, -0.1) is 12.4 Å². The van der Waals surface area contributed by atoms with E-state index in [0.29, 0.717) is 17.9 Å². The Morgan fingerprint density at radius 1 is 1.19 bits per heavy atom. The standard InChI is InChI=1S/C11H17NO3.ClH/c1-14-9-5-8(11(12)3-4-13)6-10(7-9)15-2;/h5-7,11,13H,3-4,12H2,1-2H3;1H. The van der Waals surface area contributed by atoms with Crippen LogP contribution in [-0.4, -0.2) is 25.9 Å². The number of methoxy groups -OCH3 is 2. The minimum atomic E-state index is -0.195. The quantitative estimate of drug-likeness (QED) is 0.828. The number of ether oxygens (including phenoxy) is 2. The zero-order valence-electron chi connectivity index (χ0n) is 9.47. The lowest BCUT2D eigenvalue weighted by molar-refractivity contribution is 0.276. The molecule has 1 unspecified atom stereocenters. The first kappa shape index (κ1) is 15.0. The van der Waals surface area contributed by atoms with Crippen LogP contribution in [0.15, 0.2) is 18.2 Å². The molecule has 0 aliphatic carbocycles. The molecule has 0 heterocycles. The van der Waals surface area contributed by atoms with E-state index in [1.807, 2.05) is 12.1 Å². The molecule has 5 heteroatoms. The predicted molar refractivity (Wildman–Crippen MR) is 65.4 cm³/mol. The first-order chi connectivity index (χ1) is 7.21. The largest absolute Gasteiger partial charge is 0.497 e. The number of rotatable bonds is 5. The van der Waals surface area contributed by atoms with Gasteiger partial charge in [-0.2, -0.15) is 0 Å². The summed E-state index contributed by atoms with van der Waals surface area (Å²) in [5.41, 5.74) is 6.78. The monoisotopic (exact) mass is 247 g/mol. The van der Waals surface area contributed by atoms with Gasteiger partial charge in [0.05, 0.1) is 14.2 Å². The van der Waals surface area contributed by atoms with Gasteiger partial charge in [-0.3, -0.25) is 0 Å². The van der Waals surface area contributed by atoms with Gasteiger partial charge in [0.1, 0.15) is 11.5 Å². The number of aliphatic hydroxyl groups is 1. The Morgan fingerprint density at radius 3 is 2.06 bits per heavy atom. The molecule has 0 bridgehead atoms. The van der Waals surface area contributed by atoms with Crippen molar-refractivity contribution < 1.29 is 14.6 Å². The van der Waals surface area contributed by atoms with Crippen LogP contribution in [0.3, 0.4) is 0 Å². The highest BCUT2D eigenvalue weighted by Gasteiger charge is 2.08. The molecule has 3 N–H and O–H groups in total. The molecule has 0 radical (unpaired) electrons. The molecule has 0 saturated carbocycles.